The highest BCUT2D eigenvalue weighted by atomic mass is 31.2. The summed E-state index contributed by atoms with van der Waals surface area (Å²) in [5, 5.41) is 0. The van der Waals surface area contributed by atoms with E-state index in [1.54, 1.807) is 20.8 Å². The van der Waals surface area contributed by atoms with Crippen LogP contribution in [-0.2, 0) is 23.1 Å². The molecule has 0 radical (unpaired) electrons. The second kappa shape index (κ2) is 8.67. The van der Waals surface area contributed by atoms with Crippen molar-refractivity contribution in [1.82, 2.24) is 0 Å². The number of hydrogen-bond donors (Lipinski definition) is 0. The molecule has 1 unspecified atom stereocenters. The Kier molecular flexibility index (Phi) is 8.48. The first-order valence-electron chi connectivity index (χ1n) is 6.03. The lowest BCUT2D eigenvalue weighted by atomic mass is 10.1. The fraction of sp³-hybridized carbons (Fsp3) is 0.909. The topological polar surface area (TPSA) is 61.8 Å². The van der Waals surface area contributed by atoms with Gasteiger partial charge in [0.25, 0.3) is 0 Å². The van der Waals surface area contributed by atoms with Crippen LogP contribution in [0.2, 0.25) is 0 Å². The summed E-state index contributed by atoms with van der Waals surface area (Å²) in [5.41, 5.74) is 0. The van der Waals surface area contributed by atoms with E-state index < -0.39 is 7.60 Å². The van der Waals surface area contributed by atoms with Crippen LogP contribution in [0.4, 0.5) is 0 Å². The van der Waals surface area contributed by atoms with Crippen molar-refractivity contribution in [3.05, 3.63) is 0 Å². The van der Waals surface area contributed by atoms with Gasteiger partial charge < -0.3 is 13.8 Å². The number of rotatable bonds is 9. The molecule has 0 spiro atoms. The van der Waals surface area contributed by atoms with Crippen LogP contribution in [0.15, 0.2) is 0 Å². The third kappa shape index (κ3) is 6.81. The van der Waals surface area contributed by atoms with Crippen LogP contribution in [0.3, 0.4) is 0 Å². The highest BCUT2D eigenvalue weighted by molar-refractivity contribution is 7.53. The fourth-order valence-electron chi connectivity index (χ4n) is 1.13. The summed E-state index contributed by atoms with van der Waals surface area (Å²) in [6.07, 6.45) is 0.838. The highest BCUT2D eigenvalue weighted by Gasteiger charge is 2.24. The lowest BCUT2D eigenvalue weighted by Gasteiger charge is -2.17. The molecule has 0 rings (SSSR count). The number of carbonyl (C=O) groups excluding carboxylic acids is 1. The first kappa shape index (κ1) is 16.6. The van der Waals surface area contributed by atoms with E-state index in [9.17, 15) is 9.36 Å². The van der Waals surface area contributed by atoms with Crippen LogP contribution >= 0.6 is 7.60 Å². The van der Waals surface area contributed by atoms with Gasteiger partial charge in [0.05, 0.1) is 25.3 Å². The molecule has 0 heterocycles. The molecule has 0 aromatic heterocycles. The Hall–Kier alpha value is -0.380. The Morgan fingerprint density at radius 1 is 1.18 bits per heavy atom. The summed E-state index contributed by atoms with van der Waals surface area (Å²) in [4.78, 5) is 11.4. The van der Waals surface area contributed by atoms with E-state index in [1.165, 1.54) is 0 Å². The minimum atomic E-state index is -3.09. The highest BCUT2D eigenvalue weighted by Crippen LogP contribution is 2.47. The Bertz CT molecular complexity index is 257. The smallest absolute Gasteiger partial charge is 0.334 e. The van der Waals surface area contributed by atoms with E-state index >= 15 is 0 Å². The molecule has 102 valence electrons. The maximum absolute atomic E-state index is 12.0. The van der Waals surface area contributed by atoms with Crippen LogP contribution < -0.4 is 0 Å². The first-order valence-corrected chi connectivity index (χ1v) is 7.76. The third-order valence-corrected chi connectivity index (χ3v) is 4.31. The number of hydrogen-bond acceptors (Lipinski definition) is 5. The number of carbonyl (C=O) groups is 1. The second-order valence-electron chi connectivity index (χ2n) is 3.65. The van der Waals surface area contributed by atoms with Crippen LogP contribution in [0.5, 0.6) is 0 Å². The summed E-state index contributed by atoms with van der Waals surface area (Å²) in [7, 11) is -3.09. The number of esters is 1. The third-order valence-electron chi connectivity index (χ3n) is 2.28. The van der Waals surface area contributed by atoms with Gasteiger partial charge >= 0.3 is 13.6 Å². The van der Waals surface area contributed by atoms with Crippen LogP contribution in [0.1, 0.15) is 34.1 Å². The van der Waals surface area contributed by atoms with Gasteiger partial charge in [-0.15, -0.1) is 0 Å². The normalized spacial score (nSPS) is 13.4. The lowest BCUT2D eigenvalue weighted by molar-refractivity contribution is -0.147. The predicted molar refractivity (Wildman–Crippen MR) is 66.1 cm³/mol. The monoisotopic (exact) mass is 266 g/mol. The molecular weight excluding hydrogens is 243 g/mol. The molecule has 0 bridgehead atoms. The molecule has 0 N–H and O–H groups in total. The van der Waals surface area contributed by atoms with Crippen molar-refractivity contribution < 1.29 is 23.1 Å². The van der Waals surface area contributed by atoms with Crippen molar-refractivity contribution in [2.24, 2.45) is 5.92 Å². The second-order valence-corrected chi connectivity index (χ2v) is 5.83. The molecular formula is C11H23O5P. The standard InChI is InChI=1S/C11H23O5P/c1-5-10(4)11(12)14-8-9-17(13,15-6-2)16-7-3/h10H,5-9H2,1-4H3. The van der Waals surface area contributed by atoms with Crippen LogP contribution in [-0.4, -0.2) is 32.0 Å². The van der Waals surface area contributed by atoms with Gasteiger partial charge in [-0.1, -0.05) is 13.8 Å². The fourth-order valence-corrected chi connectivity index (χ4v) is 2.56. The Balaban J connectivity index is 4.06. The van der Waals surface area contributed by atoms with Crippen LogP contribution in [0, 0.1) is 5.92 Å². The summed E-state index contributed by atoms with van der Waals surface area (Å²) >= 11 is 0. The van der Waals surface area contributed by atoms with Gasteiger partial charge in [-0.3, -0.25) is 9.36 Å². The molecule has 0 aromatic rings. The molecule has 0 amide bonds. The molecule has 0 aliphatic carbocycles. The van der Waals surface area contributed by atoms with Crippen molar-refractivity contribution in [2.75, 3.05) is 26.0 Å². The van der Waals surface area contributed by atoms with Gasteiger partial charge in [-0.05, 0) is 20.3 Å². The predicted octanol–water partition coefficient (Wildman–Crippen LogP) is 2.84. The lowest BCUT2D eigenvalue weighted by Crippen LogP contribution is -2.17. The van der Waals surface area contributed by atoms with Crippen molar-refractivity contribution in [3.63, 3.8) is 0 Å². The summed E-state index contributed by atoms with van der Waals surface area (Å²) in [5.74, 6) is -0.402. The minimum absolute atomic E-state index is 0.0699. The largest absolute Gasteiger partial charge is 0.465 e. The zero-order valence-electron chi connectivity index (χ0n) is 11.1. The summed E-state index contributed by atoms with van der Waals surface area (Å²) in [6, 6.07) is 0. The zero-order valence-corrected chi connectivity index (χ0v) is 12.0. The quantitative estimate of drug-likeness (QED) is 0.474. The van der Waals surface area contributed by atoms with Crippen molar-refractivity contribution in [2.45, 2.75) is 34.1 Å². The average molecular weight is 266 g/mol. The Morgan fingerprint density at radius 3 is 2.12 bits per heavy atom. The molecule has 0 aromatic carbocycles. The average Bonchev–Trinajstić information content (AvgIpc) is 2.28. The molecule has 5 nitrogen and oxygen atoms in total. The molecule has 1 atom stereocenters. The minimum Gasteiger partial charge on any atom is -0.465 e. The SMILES string of the molecule is CCOP(=O)(CCOC(=O)C(C)CC)OCC. The van der Waals surface area contributed by atoms with E-state index in [0.717, 1.165) is 6.42 Å². The molecule has 0 saturated carbocycles. The zero-order chi connectivity index (χ0) is 13.3. The van der Waals surface area contributed by atoms with Crippen molar-refractivity contribution in [1.29, 1.82) is 0 Å². The van der Waals surface area contributed by atoms with E-state index in [4.69, 9.17) is 13.8 Å². The molecule has 17 heavy (non-hydrogen) atoms. The molecule has 0 aliphatic heterocycles. The van der Waals surface area contributed by atoms with Crippen molar-refractivity contribution >= 4 is 13.6 Å². The van der Waals surface area contributed by atoms with Crippen molar-refractivity contribution in [3.8, 4) is 0 Å². The molecule has 0 fully saturated rings. The molecule has 0 aliphatic rings. The maximum atomic E-state index is 12.0. The first-order chi connectivity index (χ1) is 7.99. The molecule has 6 heteroatoms. The van der Waals surface area contributed by atoms with E-state index in [0.29, 0.717) is 13.2 Å². The Labute approximate surface area is 103 Å². The maximum Gasteiger partial charge on any atom is 0.334 e. The summed E-state index contributed by atoms with van der Waals surface area (Å²) in [6.45, 7) is 7.91. The van der Waals surface area contributed by atoms with Gasteiger partial charge in [-0.2, -0.15) is 0 Å². The van der Waals surface area contributed by atoms with E-state index in [1.807, 2.05) is 6.92 Å². The van der Waals surface area contributed by atoms with Gasteiger partial charge in [-0.25, -0.2) is 0 Å². The van der Waals surface area contributed by atoms with Gasteiger partial charge in [0.15, 0.2) is 0 Å². The number of ether oxygens (including phenoxy) is 1. The van der Waals surface area contributed by atoms with Gasteiger partial charge in [0, 0.05) is 0 Å². The van der Waals surface area contributed by atoms with Gasteiger partial charge in [0.2, 0.25) is 0 Å². The summed E-state index contributed by atoms with van der Waals surface area (Å²) < 4.78 is 27.2. The van der Waals surface area contributed by atoms with Gasteiger partial charge in [0.1, 0.15) is 6.61 Å². The Morgan fingerprint density at radius 2 is 1.71 bits per heavy atom. The van der Waals surface area contributed by atoms with E-state index in [2.05, 4.69) is 0 Å². The molecule has 0 saturated heterocycles. The van der Waals surface area contributed by atoms with E-state index in [-0.39, 0.29) is 24.7 Å². The van der Waals surface area contributed by atoms with Crippen LogP contribution in [0.25, 0.3) is 0 Å².